The third-order valence-corrected chi connectivity index (χ3v) is 5.89. The predicted octanol–water partition coefficient (Wildman–Crippen LogP) is 1.58. The van der Waals surface area contributed by atoms with Crippen molar-refractivity contribution >= 4 is 16.0 Å². The molecule has 2 aliphatic heterocycles. The smallest absolute Gasteiger partial charge is 0.306 e. The lowest BCUT2D eigenvalue weighted by atomic mass is 9.94. The van der Waals surface area contributed by atoms with Gasteiger partial charge in [-0.05, 0) is 32.9 Å². The number of sulfonamides is 1. The van der Waals surface area contributed by atoms with Crippen molar-refractivity contribution < 1.29 is 27.4 Å². The molecule has 1 N–H and O–H groups in total. The van der Waals surface area contributed by atoms with E-state index in [0.29, 0.717) is 38.2 Å². The van der Waals surface area contributed by atoms with Crippen molar-refractivity contribution in [3.63, 3.8) is 0 Å². The Morgan fingerprint density at radius 3 is 2.67 bits per heavy atom. The van der Waals surface area contributed by atoms with Crippen LogP contribution in [0, 0.1) is 0 Å². The normalized spacial score (nSPS) is 21.0. The fourth-order valence-electron chi connectivity index (χ4n) is 3.07. The van der Waals surface area contributed by atoms with Gasteiger partial charge in [0.25, 0.3) is 0 Å². The molecule has 0 amide bonds. The SMILES string of the molecule is CC(C)(C)OC(=O)CCc1ccc2c(n1)OC1(CCOCC1)CNS2(=O)=O. The van der Waals surface area contributed by atoms with Gasteiger partial charge in [0, 0.05) is 25.0 Å². The van der Waals surface area contributed by atoms with Gasteiger partial charge in [-0.1, -0.05) is 0 Å². The minimum Gasteiger partial charge on any atom is -0.468 e. The zero-order valence-corrected chi connectivity index (χ0v) is 16.7. The first-order valence-electron chi connectivity index (χ1n) is 9.07. The van der Waals surface area contributed by atoms with E-state index >= 15 is 0 Å². The second-order valence-corrected chi connectivity index (χ2v) is 9.65. The molecule has 1 aromatic rings. The van der Waals surface area contributed by atoms with E-state index in [0.717, 1.165) is 0 Å². The standard InChI is InChI=1S/C18H26N2O6S/c1-17(2,3)25-15(21)7-5-13-4-6-14-16(20-13)26-18(8-10-24-11-9-18)12-19-27(14,22)23/h4,6,19H,5,7-12H2,1-3H3. The van der Waals surface area contributed by atoms with E-state index in [-0.39, 0.29) is 29.7 Å². The summed E-state index contributed by atoms with van der Waals surface area (Å²) < 4.78 is 44.4. The maximum atomic E-state index is 12.5. The molecular formula is C18H26N2O6S. The minimum atomic E-state index is -3.70. The van der Waals surface area contributed by atoms with Crippen LogP contribution >= 0.6 is 0 Å². The van der Waals surface area contributed by atoms with Gasteiger partial charge in [0.05, 0.1) is 26.2 Å². The van der Waals surface area contributed by atoms with Gasteiger partial charge in [-0.2, -0.15) is 0 Å². The molecule has 1 aromatic heterocycles. The van der Waals surface area contributed by atoms with Crippen LogP contribution < -0.4 is 9.46 Å². The van der Waals surface area contributed by atoms with Crippen molar-refractivity contribution in [2.75, 3.05) is 19.8 Å². The summed E-state index contributed by atoms with van der Waals surface area (Å²) in [6.07, 6.45) is 1.67. The number of nitrogens with one attached hydrogen (secondary N) is 1. The van der Waals surface area contributed by atoms with E-state index in [1.807, 2.05) is 20.8 Å². The van der Waals surface area contributed by atoms with Gasteiger partial charge in [-0.25, -0.2) is 18.1 Å². The molecule has 3 heterocycles. The van der Waals surface area contributed by atoms with Crippen LogP contribution in [-0.2, 0) is 30.7 Å². The van der Waals surface area contributed by atoms with Crippen molar-refractivity contribution in [2.45, 2.75) is 62.6 Å². The highest BCUT2D eigenvalue weighted by Crippen LogP contribution is 2.34. The van der Waals surface area contributed by atoms with Crippen LogP contribution in [0.2, 0.25) is 0 Å². The van der Waals surface area contributed by atoms with Crippen molar-refractivity contribution in [1.82, 2.24) is 9.71 Å². The van der Waals surface area contributed by atoms with Gasteiger partial charge in [-0.15, -0.1) is 0 Å². The van der Waals surface area contributed by atoms with Crippen molar-refractivity contribution in [1.29, 1.82) is 0 Å². The summed E-state index contributed by atoms with van der Waals surface area (Å²) in [5, 5.41) is 0. The Hall–Kier alpha value is -1.71. The molecule has 150 valence electrons. The van der Waals surface area contributed by atoms with Gasteiger partial charge in [0.15, 0.2) is 0 Å². The highest BCUT2D eigenvalue weighted by molar-refractivity contribution is 7.89. The zero-order chi connectivity index (χ0) is 19.7. The highest BCUT2D eigenvalue weighted by atomic mass is 32.2. The number of pyridine rings is 1. The second kappa shape index (κ2) is 7.37. The molecular weight excluding hydrogens is 372 g/mol. The van der Waals surface area contributed by atoms with E-state index in [1.165, 1.54) is 6.07 Å². The van der Waals surface area contributed by atoms with Gasteiger partial charge in [-0.3, -0.25) is 4.79 Å². The number of carbonyl (C=O) groups excluding carboxylic acids is 1. The topological polar surface area (TPSA) is 104 Å². The Balaban J connectivity index is 1.80. The lowest BCUT2D eigenvalue weighted by molar-refractivity contribution is -0.154. The largest absolute Gasteiger partial charge is 0.468 e. The van der Waals surface area contributed by atoms with Crippen molar-refractivity contribution in [2.24, 2.45) is 0 Å². The van der Waals surface area contributed by atoms with Crippen LogP contribution in [0.4, 0.5) is 0 Å². The third kappa shape index (κ3) is 4.97. The molecule has 0 atom stereocenters. The van der Waals surface area contributed by atoms with Crippen LogP contribution in [0.3, 0.4) is 0 Å². The number of hydrogen-bond acceptors (Lipinski definition) is 7. The molecule has 0 aliphatic carbocycles. The number of carbonyl (C=O) groups is 1. The number of aryl methyl sites for hydroxylation is 1. The van der Waals surface area contributed by atoms with Crippen LogP contribution in [0.5, 0.6) is 5.88 Å². The maximum absolute atomic E-state index is 12.5. The summed E-state index contributed by atoms with van der Waals surface area (Å²) in [5.41, 5.74) is -0.622. The van der Waals surface area contributed by atoms with E-state index < -0.39 is 21.2 Å². The predicted molar refractivity (Wildman–Crippen MR) is 97.0 cm³/mol. The average Bonchev–Trinajstić information content (AvgIpc) is 2.67. The van der Waals surface area contributed by atoms with Gasteiger partial charge >= 0.3 is 5.97 Å². The lowest BCUT2D eigenvalue weighted by Crippen LogP contribution is -2.49. The van der Waals surface area contributed by atoms with Crippen molar-refractivity contribution in [3.05, 3.63) is 17.8 Å². The highest BCUT2D eigenvalue weighted by Gasteiger charge is 2.41. The maximum Gasteiger partial charge on any atom is 0.306 e. The fraction of sp³-hybridized carbons (Fsp3) is 0.667. The quantitative estimate of drug-likeness (QED) is 0.771. The first-order valence-corrected chi connectivity index (χ1v) is 10.6. The minimum absolute atomic E-state index is 0.0203. The number of hydrogen-bond donors (Lipinski definition) is 1. The lowest BCUT2D eigenvalue weighted by Gasteiger charge is -2.35. The molecule has 9 heteroatoms. The molecule has 1 fully saturated rings. The number of esters is 1. The van der Waals surface area contributed by atoms with Crippen LogP contribution in [-0.4, -0.2) is 50.3 Å². The van der Waals surface area contributed by atoms with Gasteiger partial charge in [0.1, 0.15) is 16.1 Å². The molecule has 0 bridgehead atoms. The van der Waals surface area contributed by atoms with Gasteiger partial charge < -0.3 is 14.2 Å². The summed E-state index contributed by atoms with van der Waals surface area (Å²) in [6.45, 7) is 6.63. The summed E-state index contributed by atoms with van der Waals surface area (Å²) >= 11 is 0. The summed E-state index contributed by atoms with van der Waals surface area (Å²) in [6, 6.07) is 3.08. The Labute approximate surface area is 159 Å². The van der Waals surface area contributed by atoms with Crippen molar-refractivity contribution in [3.8, 4) is 5.88 Å². The van der Waals surface area contributed by atoms with E-state index in [2.05, 4.69) is 9.71 Å². The molecule has 0 unspecified atom stereocenters. The number of ether oxygens (including phenoxy) is 3. The first kappa shape index (κ1) is 20.0. The van der Waals surface area contributed by atoms with Crippen LogP contribution in [0.15, 0.2) is 17.0 Å². The molecule has 27 heavy (non-hydrogen) atoms. The summed E-state index contributed by atoms with van der Waals surface area (Å²) in [7, 11) is -3.70. The molecule has 2 aliphatic rings. The molecule has 1 saturated heterocycles. The number of nitrogens with zero attached hydrogens (tertiary/aromatic N) is 1. The fourth-order valence-corrected chi connectivity index (χ4v) is 4.25. The average molecular weight is 398 g/mol. The monoisotopic (exact) mass is 398 g/mol. The molecule has 3 rings (SSSR count). The number of fused-ring (bicyclic) bond motifs is 1. The summed E-state index contributed by atoms with van der Waals surface area (Å²) in [4.78, 5) is 16.3. The second-order valence-electron chi connectivity index (χ2n) is 7.91. The molecule has 1 spiro atoms. The van der Waals surface area contributed by atoms with Crippen LogP contribution in [0.1, 0.15) is 45.7 Å². The Bertz CT molecular complexity index is 810. The molecule has 0 radical (unpaired) electrons. The van der Waals surface area contributed by atoms with E-state index in [4.69, 9.17) is 14.2 Å². The Kier molecular flexibility index (Phi) is 5.47. The molecule has 0 aromatic carbocycles. The Morgan fingerprint density at radius 2 is 2.00 bits per heavy atom. The number of rotatable bonds is 3. The van der Waals surface area contributed by atoms with E-state index in [1.54, 1.807) is 6.07 Å². The van der Waals surface area contributed by atoms with Gasteiger partial charge in [0.2, 0.25) is 15.9 Å². The molecule has 8 nitrogen and oxygen atoms in total. The van der Waals surface area contributed by atoms with Crippen LogP contribution in [0.25, 0.3) is 0 Å². The summed E-state index contributed by atoms with van der Waals surface area (Å²) in [5.74, 6) is -0.237. The van der Waals surface area contributed by atoms with E-state index in [9.17, 15) is 13.2 Å². The third-order valence-electron chi connectivity index (χ3n) is 4.48. The first-order chi connectivity index (χ1) is 12.6. The number of aromatic nitrogens is 1. The Morgan fingerprint density at radius 1 is 1.30 bits per heavy atom. The molecule has 0 saturated carbocycles. The zero-order valence-electron chi connectivity index (χ0n) is 15.9.